The normalized spacial score (nSPS) is 15.9. The van der Waals surface area contributed by atoms with E-state index in [0.29, 0.717) is 6.61 Å². The van der Waals surface area contributed by atoms with E-state index in [1.165, 1.54) is 0 Å². The number of rotatable bonds is 3. The Morgan fingerprint density at radius 1 is 1.43 bits per heavy atom. The third-order valence-corrected chi connectivity index (χ3v) is 2.24. The summed E-state index contributed by atoms with van der Waals surface area (Å²) >= 11 is 0. The summed E-state index contributed by atoms with van der Waals surface area (Å²) in [6.07, 6.45) is 1.14. The second-order valence-corrected chi connectivity index (χ2v) is 3.24. The van der Waals surface area contributed by atoms with Gasteiger partial charge in [-0.1, -0.05) is 12.1 Å². The van der Waals surface area contributed by atoms with Gasteiger partial charge in [0.25, 0.3) is 0 Å². The molecule has 1 heterocycles. The van der Waals surface area contributed by atoms with Gasteiger partial charge in [-0.25, -0.2) is 0 Å². The number of hydrogen-bond acceptors (Lipinski definition) is 2. The van der Waals surface area contributed by atoms with Crippen LogP contribution in [0.1, 0.15) is 13.3 Å². The van der Waals surface area contributed by atoms with Crippen molar-refractivity contribution in [2.75, 3.05) is 24.7 Å². The van der Waals surface area contributed by atoms with Crippen molar-refractivity contribution in [3.63, 3.8) is 0 Å². The van der Waals surface area contributed by atoms with E-state index in [-0.39, 0.29) is 0 Å². The van der Waals surface area contributed by atoms with E-state index in [1.54, 1.807) is 0 Å². The van der Waals surface area contributed by atoms with Crippen molar-refractivity contribution in [2.45, 2.75) is 13.3 Å². The van der Waals surface area contributed by atoms with Crippen LogP contribution in [0.5, 0.6) is 5.75 Å². The fourth-order valence-corrected chi connectivity index (χ4v) is 1.63. The molecule has 0 unspecified atom stereocenters. The van der Waals surface area contributed by atoms with Crippen molar-refractivity contribution in [1.82, 2.24) is 5.43 Å². The van der Waals surface area contributed by atoms with Gasteiger partial charge in [0.1, 0.15) is 5.75 Å². The van der Waals surface area contributed by atoms with Gasteiger partial charge in [-0.2, -0.15) is 0 Å². The zero-order valence-electron chi connectivity index (χ0n) is 8.44. The molecule has 1 radical (unpaired) electrons. The lowest BCUT2D eigenvalue weighted by atomic mass is 10.3. The summed E-state index contributed by atoms with van der Waals surface area (Å²) in [4.78, 5) is 0. The van der Waals surface area contributed by atoms with Crippen LogP contribution < -0.4 is 15.2 Å². The number of para-hydroxylation sites is 2. The third kappa shape index (κ3) is 1.82. The number of nitrogens with zero attached hydrogens (tertiary/aromatic N) is 2. The predicted octanol–water partition coefficient (Wildman–Crippen LogP) is 1.81. The zero-order valence-corrected chi connectivity index (χ0v) is 8.44. The Hall–Kier alpha value is -1.22. The summed E-state index contributed by atoms with van der Waals surface area (Å²) < 4.78 is 5.55. The van der Waals surface area contributed by atoms with Crippen LogP contribution in [0.2, 0.25) is 0 Å². The summed E-state index contributed by atoms with van der Waals surface area (Å²) in [5.41, 5.74) is 5.49. The molecule has 14 heavy (non-hydrogen) atoms. The van der Waals surface area contributed by atoms with E-state index in [0.717, 1.165) is 30.9 Å². The molecule has 2 rings (SSSR count). The van der Waals surface area contributed by atoms with E-state index in [1.807, 2.05) is 30.1 Å². The molecule has 1 aliphatic heterocycles. The van der Waals surface area contributed by atoms with Gasteiger partial charge >= 0.3 is 0 Å². The Bertz CT molecular complexity index is 295. The number of ether oxygens (including phenoxy) is 1. The highest BCUT2D eigenvalue weighted by molar-refractivity contribution is 5.57. The van der Waals surface area contributed by atoms with Crippen LogP contribution in [0.4, 0.5) is 5.69 Å². The molecule has 0 amide bonds. The minimum Gasteiger partial charge on any atom is -0.492 e. The van der Waals surface area contributed by atoms with Crippen LogP contribution in [0.25, 0.3) is 0 Å². The lowest BCUT2D eigenvalue weighted by molar-refractivity contribution is 0.340. The van der Waals surface area contributed by atoms with Crippen LogP contribution in [0, 0.1) is 0 Å². The van der Waals surface area contributed by atoms with Crippen molar-refractivity contribution in [3.05, 3.63) is 24.3 Å². The molecule has 0 bridgehead atoms. The number of hydrogen-bond donors (Lipinski definition) is 0. The maximum Gasteiger partial charge on any atom is 0.143 e. The molecule has 0 N–H and O–H groups in total. The molecule has 0 aromatic heterocycles. The largest absolute Gasteiger partial charge is 0.492 e. The van der Waals surface area contributed by atoms with Gasteiger partial charge < -0.3 is 4.74 Å². The maximum atomic E-state index is 5.55. The van der Waals surface area contributed by atoms with Crippen molar-refractivity contribution in [3.8, 4) is 5.75 Å². The Balaban J connectivity index is 2.21. The Labute approximate surface area is 84.6 Å². The highest BCUT2D eigenvalue weighted by Crippen LogP contribution is 2.28. The molecular formula is C11H15N2O. The first-order chi connectivity index (χ1) is 6.92. The molecule has 75 valence electrons. The predicted molar refractivity (Wildman–Crippen MR) is 56.6 cm³/mol. The molecular weight excluding hydrogens is 176 g/mol. The molecule has 0 aliphatic carbocycles. The maximum absolute atomic E-state index is 5.55. The highest BCUT2D eigenvalue weighted by Gasteiger charge is 2.16. The molecule has 0 spiro atoms. The van der Waals surface area contributed by atoms with Gasteiger partial charge in [0.2, 0.25) is 0 Å². The fourth-order valence-electron chi connectivity index (χ4n) is 1.63. The van der Waals surface area contributed by atoms with Gasteiger partial charge in [0, 0.05) is 13.1 Å². The van der Waals surface area contributed by atoms with Crippen LogP contribution in [0.15, 0.2) is 24.3 Å². The van der Waals surface area contributed by atoms with Gasteiger partial charge in [-0.15, -0.1) is 5.43 Å². The molecule has 1 aliphatic rings. The summed E-state index contributed by atoms with van der Waals surface area (Å²) in [5.74, 6) is 0.931. The lowest BCUT2D eigenvalue weighted by Crippen LogP contribution is -2.24. The summed E-state index contributed by atoms with van der Waals surface area (Å²) in [7, 11) is 0. The van der Waals surface area contributed by atoms with Crippen molar-refractivity contribution in [1.29, 1.82) is 0 Å². The van der Waals surface area contributed by atoms with Crippen LogP contribution >= 0.6 is 0 Å². The highest BCUT2D eigenvalue weighted by atomic mass is 16.5. The number of anilines is 1. The molecule has 0 atom stereocenters. The van der Waals surface area contributed by atoms with Crippen LogP contribution in [-0.2, 0) is 0 Å². The quantitative estimate of drug-likeness (QED) is 0.728. The monoisotopic (exact) mass is 191 g/mol. The molecule has 1 aromatic rings. The molecule has 3 heteroatoms. The Morgan fingerprint density at radius 2 is 2.29 bits per heavy atom. The second-order valence-electron chi connectivity index (χ2n) is 3.24. The minimum atomic E-state index is 0.699. The summed E-state index contributed by atoms with van der Waals surface area (Å²) in [6.45, 7) is 4.63. The van der Waals surface area contributed by atoms with E-state index in [2.05, 4.69) is 11.5 Å². The first-order valence-electron chi connectivity index (χ1n) is 5.08. The molecule has 3 nitrogen and oxygen atoms in total. The average Bonchev–Trinajstić information content (AvgIpc) is 2.72. The second kappa shape index (κ2) is 4.33. The van der Waals surface area contributed by atoms with Crippen molar-refractivity contribution < 1.29 is 4.74 Å². The van der Waals surface area contributed by atoms with Gasteiger partial charge in [0.05, 0.1) is 12.3 Å². The van der Waals surface area contributed by atoms with Crippen molar-refractivity contribution >= 4 is 5.69 Å². The molecule has 1 aromatic carbocycles. The lowest BCUT2D eigenvalue weighted by Gasteiger charge is -2.19. The van der Waals surface area contributed by atoms with E-state index < -0.39 is 0 Å². The first-order valence-corrected chi connectivity index (χ1v) is 5.08. The topological polar surface area (TPSA) is 26.6 Å². The van der Waals surface area contributed by atoms with E-state index in [9.17, 15) is 0 Å². The summed E-state index contributed by atoms with van der Waals surface area (Å²) in [5, 5.41) is 2.03. The molecule has 1 saturated heterocycles. The van der Waals surface area contributed by atoms with E-state index in [4.69, 9.17) is 4.74 Å². The first kappa shape index (κ1) is 9.34. The van der Waals surface area contributed by atoms with Gasteiger partial charge in [0.15, 0.2) is 0 Å². The van der Waals surface area contributed by atoms with E-state index >= 15 is 0 Å². The Kier molecular flexibility index (Phi) is 2.89. The van der Waals surface area contributed by atoms with Crippen LogP contribution in [-0.4, -0.2) is 19.7 Å². The standard InChI is InChI=1S/C11H15N2O/c1-2-14-11-7-4-3-6-10(11)13-9-5-8-12-13/h3-4,6-7H,2,5,8-9H2,1H3. The number of benzene rings is 1. The third-order valence-electron chi connectivity index (χ3n) is 2.24. The zero-order chi connectivity index (χ0) is 9.80. The average molecular weight is 191 g/mol. The molecule has 0 saturated carbocycles. The van der Waals surface area contributed by atoms with Crippen LogP contribution in [0.3, 0.4) is 0 Å². The molecule has 1 fully saturated rings. The van der Waals surface area contributed by atoms with Crippen molar-refractivity contribution in [2.24, 2.45) is 0 Å². The van der Waals surface area contributed by atoms with Gasteiger partial charge in [-0.3, -0.25) is 5.01 Å². The smallest absolute Gasteiger partial charge is 0.143 e. The fraction of sp³-hybridized carbons (Fsp3) is 0.455. The SMILES string of the molecule is CCOc1ccccc1N1CCC[N]1. The summed E-state index contributed by atoms with van der Waals surface area (Å²) in [6, 6.07) is 8.06. The Morgan fingerprint density at radius 3 is 3.00 bits per heavy atom. The minimum absolute atomic E-state index is 0.699. The van der Waals surface area contributed by atoms with Gasteiger partial charge in [-0.05, 0) is 25.5 Å².